The monoisotopic (exact) mass is 209 g/mol. The predicted octanol–water partition coefficient (Wildman–Crippen LogP) is 1.48. The van der Waals surface area contributed by atoms with Crippen LogP contribution in [0, 0.1) is 0 Å². The van der Waals surface area contributed by atoms with Crippen LogP contribution in [0.3, 0.4) is 0 Å². The number of rotatable bonds is 4. The second-order valence-electron chi connectivity index (χ2n) is 2.96. The van der Waals surface area contributed by atoms with Gasteiger partial charge in [0.1, 0.15) is 0 Å². The molecule has 2 rings (SSSR count). The summed E-state index contributed by atoms with van der Waals surface area (Å²) in [6.07, 6.45) is 6.03. The lowest BCUT2D eigenvalue weighted by atomic mass is 10.1. The maximum absolute atomic E-state index is 5.48. The van der Waals surface area contributed by atoms with Gasteiger partial charge in [0, 0.05) is 11.1 Å². The highest BCUT2D eigenvalue weighted by atomic mass is 32.1. The van der Waals surface area contributed by atoms with Gasteiger partial charge in [-0.2, -0.15) is 0 Å². The number of hydrogen-bond donors (Lipinski definition) is 2. The second-order valence-corrected chi connectivity index (χ2v) is 3.88. The van der Waals surface area contributed by atoms with E-state index in [1.165, 1.54) is 0 Å². The first kappa shape index (κ1) is 9.39. The number of nitrogens with one attached hydrogen (secondary N) is 1. The molecule has 3 N–H and O–H groups in total. The van der Waals surface area contributed by atoms with Crippen molar-refractivity contribution >= 4 is 11.3 Å². The Labute approximate surface area is 85.7 Å². The SMILES string of the molecule is NNC(Cc1ccoc1)c1cncs1. The summed E-state index contributed by atoms with van der Waals surface area (Å²) in [6.45, 7) is 0. The molecule has 4 nitrogen and oxygen atoms in total. The van der Waals surface area contributed by atoms with E-state index < -0.39 is 0 Å². The maximum Gasteiger partial charge on any atom is 0.0935 e. The van der Waals surface area contributed by atoms with Crippen LogP contribution in [0.4, 0.5) is 0 Å². The zero-order valence-electron chi connectivity index (χ0n) is 7.51. The Morgan fingerprint density at radius 1 is 1.64 bits per heavy atom. The summed E-state index contributed by atoms with van der Waals surface area (Å²) in [5.74, 6) is 5.48. The molecule has 1 unspecified atom stereocenters. The number of thiazole rings is 1. The Bertz CT molecular complexity index is 357. The lowest BCUT2D eigenvalue weighted by Crippen LogP contribution is -2.28. The van der Waals surface area contributed by atoms with Crippen LogP contribution in [0.1, 0.15) is 16.5 Å². The molecule has 2 aromatic heterocycles. The van der Waals surface area contributed by atoms with E-state index in [2.05, 4.69) is 10.4 Å². The van der Waals surface area contributed by atoms with E-state index in [0.29, 0.717) is 0 Å². The molecule has 14 heavy (non-hydrogen) atoms. The molecule has 5 heteroatoms. The van der Waals surface area contributed by atoms with E-state index in [9.17, 15) is 0 Å². The van der Waals surface area contributed by atoms with E-state index in [1.807, 2.05) is 12.3 Å². The van der Waals surface area contributed by atoms with Crippen LogP contribution in [-0.2, 0) is 6.42 Å². The van der Waals surface area contributed by atoms with Crippen molar-refractivity contribution in [1.82, 2.24) is 10.4 Å². The summed E-state index contributed by atoms with van der Waals surface area (Å²) in [5.41, 5.74) is 5.70. The summed E-state index contributed by atoms with van der Waals surface area (Å²) in [5, 5.41) is 0. The number of hydrogen-bond acceptors (Lipinski definition) is 5. The predicted molar refractivity (Wildman–Crippen MR) is 54.6 cm³/mol. The van der Waals surface area contributed by atoms with Crippen LogP contribution in [0.15, 0.2) is 34.7 Å². The average Bonchev–Trinajstić information content (AvgIpc) is 2.86. The Balaban J connectivity index is 2.08. The lowest BCUT2D eigenvalue weighted by molar-refractivity contribution is 0.540. The molecule has 1 atom stereocenters. The molecular weight excluding hydrogens is 198 g/mol. The van der Waals surface area contributed by atoms with Crippen LogP contribution in [0.5, 0.6) is 0 Å². The van der Waals surface area contributed by atoms with Gasteiger partial charge < -0.3 is 4.42 Å². The van der Waals surface area contributed by atoms with Gasteiger partial charge in [0.2, 0.25) is 0 Å². The minimum absolute atomic E-state index is 0.111. The maximum atomic E-state index is 5.48. The number of nitrogens with zero attached hydrogens (tertiary/aromatic N) is 1. The summed E-state index contributed by atoms with van der Waals surface area (Å²) >= 11 is 1.59. The first-order valence-electron chi connectivity index (χ1n) is 4.25. The molecule has 0 fully saturated rings. The van der Waals surface area contributed by atoms with Crippen molar-refractivity contribution in [2.45, 2.75) is 12.5 Å². The Morgan fingerprint density at radius 2 is 2.57 bits per heavy atom. The van der Waals surface area contributed by atoms with Crippen molar-refractivity contribution in [1.29, 1.82) is 0 Å². The van der Waals surface area contributed by atoms with Crippen molar-refractivity contribution in [3.05, 3.63) is 40.7 Å². The van der Waals surface area contributed by atoms with Gasteiger partial charge in [0.25, 0.3) is 0 Å². The standard InChI is InChI=1S/C9H11N3OS/c10-12-8(9-4-11-6-14-9)3-7-1-2-13-5-7/h1-2,4-6,8,12H,3,10H2. The van der Waals surface area contributed by atoms with Crippen LogP contribution in [-0.4, -0.2) is 4.98 Å². The Morgan fingerprint density at radius 3 is 3.14 bits per heavy atom. The van der Waals surface area contributed by atoms with Gasteiger partial charge in [-0.15, -0.1) is 11.3 Å². The Kier molecular flexibility index (Phi) is 2.93. The highest BCUT2D eigenvalue weighted by Crippen LogP contribution is 2.20. The molecule has 0 aliphatic rings. The first-order chi connectivity index (χ1) is 6.90. The van der Waals surface area contributed by atoms with Gasteiger partial charge in [-0.25, -0.2) is 0 Å². The molecule has 0 aliphatic heterocycles. The van der Waals surface area contributed by atoms with Gasteiger partial charge in [0.15, 0.2) is 0 Å². The summed E-state index contributed by atoms with van der Waals surface area (Å²) < 4.78 is 5.00. The van der Waals surface area contributed by atoms with E-state index >= 15 is 0 Å². The summed E-state index contributed by atoms with van der Waals surface area (Å²) in [4.78, 5) is 5.15. The van der Waals surface area contributed by atoms with Gasteiger partial charge >= 0.3 is 0 Å². The van der Waals surface area contributed by atoms with Gasteiger partial charge in [-0.3, -0.25) is 16.3 Å². The quantitative estimate of drug-likeness (QED) is 0.591. The largest absolute Gasteiger partial charge is 0.472 e. The lowest BCUT2D eigenvalue weighted by Gasteiger charge is -2.11. The van der Waals surface area contributed by atoms with Crippen molar-refractivity contribution in [2.24, 2.45) is 5.84 Å². The topological polar surface area (TPSA) is 64.1 Å². The zero-order chi connectivity index (χ0) is 9.80. The van der Waals surface area contributed by atoms with E-state index in [-0.39, 0.29) is 6.04 Å². The first-order valence-corrected chi connectivity index (χ1v) is 5.13. The van der Waals surface area contributed by atoms with Crippen LogP contribution in [0.25, 0.3) is 0 Å². The van der Waals surface area contributed by atoms with Crippen molar-refractivity contribution in [2.75, 3.05) is 0 Å². The second kappa shape index (κ2) is 4.36. The van der Waals surface area contributed by atoms with Crippen LogP contribution < -0.4 is 11.3 Å². The molecule has 74 valence electrons. The fourth-order valence-corrected chi connectivity index (χ4v) is 1.96. The zero-order valence-corrected chi connectivity index (χ0v) is 8.33. The smallest absolute Gasteiger partial charge is 0.0935 e. The minimum atomic E-state index is 0.111. The van der Waals surface area contributed by atoms with Gasteiger partial charge in [-0.1, -0.05) is 0 Å². The van der Waals surface area contributed by atoms with Crippen molar-refractivity contribution in [3.63, 3.8) is 0 Å². The fraction of sp³-hybridized carbons (Fsp3) is 0.222. The van der Waals surface area contributed by atoms with E-state index in [1.54, 1.807) is 29.4 Å². The normalized spacial score (nSPS) is 12.9. The number of nitrogens with two attached hydrogens (primary N) is 1. The molecule has 0 aliphatic carbocycles. The highest BCUT2D eigenvalue weighted by Gasteiger charge is 2.12. The number of aromatic nitrogens is 1. The third-order valence-electron chi connectivity index (χ3n) is 2.02. The number of furan rings is 1. The molecule has 0 radical (unpaired) electrons. The third-order valence-corrected chi connectivity index (χ3v) is 2.91. The molecule has 0 spiro atoms. The average molecular weight is 209 g/mol. The van der Waals surface area contributed by atoms with Crippen molar-refractivity contribution < 1.29 is 4.42 Å². The van der Waals surface area contributed by atoms with Crippen LogP contribution in [0.2, 0.25) is 0 Å². The molecule has 0 aromatic carbocycles. The molecular formula is C9H11N3OS. The minimum Gasteiger partial charge on any atom is -0.472 e. The van der Waals surface area contributed by atoms with Gasteiger partial charge in [0.05, 0.1) is 24.1 Å². The summed E-state index contributed by atoms with van der Waals surface area (Å²) in [6, 6.07) is 2.05. The van der Waals surface area contributed by atoms with E-state index in [0.717, 1.165) is 16.9 Å². The fourth-order valence-electron chi connectivity index (χ4n) is 1.28. The molecule has 2 heterocycles. The van der Waals surface area contributed by atoms with Crippen molar-refractivity contribution in [3.8, 4) is 0 Å². The van der Waals surface area contributed by atoms with Crippen LogP contribution >= 0.6 is 11.3 Å². The molecule has 0 amide bonds. The molecule has 2 aromatic rings. The number of hydrazine groups is 1. The third kappa shape index (κ3) is 2.01. The molecule has 0 bridgehead atoms. The van der Waals surface area contributed by atoms with Gasteiger partial charge in [-0.05, 0) is 18.1 Å². The molecule has 0 saturated carbocycles. The highest BCUT2D eigenvalue weighted by molar-refractivity contribution is 7.09. The van der Waals surface area contributed by atoms with E-state index in [4.69, 9.17) is 10.3 Å². The summed E-state index contributed by atoms with van der Waals surface area (Å²) in [7, 11) is 0. The Hall–Kier alpha value is -1.17. The molecule has 0 saturated heterocycles.